The van der Waals surface area contributed by atoms with E-state index in [0.29, 0.717) is 28.8 Å². The highest BCUT2D eigenvalue weighted by Crippen LogP contribution is 2.39. The van der Waals surface area contributed by atoms with Crippen LogP contribution in [0.5, 0.6) is 11.5 Å². The molecule has 1 saturated carbocycles. The van der Waals surface area contributed by atoms with Crippen molar-refractivity contribution < 1.29 is 9.47 Å². The Morgan fingerprint density at radius 3 is 2.72 bits per heavy atom. The van der Waals surface area contributed by atoms with Gasteiger partial charge in [-0.1, -0.05) is 0 Å². The van der Waals surface area contributed by atoms with Gasteiger partial charge in [0.05, 0.1) is 43.2 Å². The summed E-state index contributed by atoms with van der Waals surface area (Å²) in [6, 6.07) is 3.91. The molecule has 0 radical (unpaired) electrons. The normalized spacial score (nSPS) is 18.2. The van der Waals surface area contributed by atoms with Crippen LogP contribution >= 0.6 is 0 Å². The van der Waals surface area contributed by atoms with E-state index in [1.54, 1.807) is 19.5 Å². The van der Waals surface area contributed by atoms with Gasteiger partial charge in [-0.2, -0.15) is 10.4 Å². The Morgan fingerprint density at radius 2 is 2.03 bits per heavy atom. The molecular weight excluding hydrogens is 372 g/mol. The van der Waals surface area contributed by atoms with Crippen molar-refractivity contribution in [3.8, 4) is 28.8 Å². The van der Waals surface area contributed by atoms with E-state index in [-0.39, 0.29) is 17.8 Å². The van der Waals surface area contributed by atoms with Crippen molar-refractivity contribution in [2.45, 2.75) is 31.4 Å². The zero-order valence-corrected chi connectivity index (χ0v) is 15.8. The predicted octanol–water partition coefficient (Wildman–Crippen LogP) is 2.14. The second-order valence-corrected chi connectivity index (χ2v) is 6.72. The molecule has 29 heavy (non-hydrogen) atoms. The molecule has 0 spiro atoms. The van der Waals surface area contributed by atoms with Gasteiger partial charge in [0.15, 0.2) is 17.3 Å². The van der Waals surface area contributed by atoms with Crippen LogP contribution in [0.4, 0.5) is 11.6 Å². The van der Waals surface area contributed by atoms with Crippen molar-refractivity contribution in [1.82, 2.24) is 25.1 Å². The van der Waals surface area contributed by atoms with Crippen LogP contribution < -0.4 is 20.5 Å². The Labute approximate surface area is 167 Å². The molecule has 3 aromatic heterocycles. The van der Waals surface area contributed by atoms with Gasteiger partial charge in [0.1, 0.15) is 23.7 Å². The van der Waals surface area contributed by atoms with E-state index in [0.717, 1.165) is 24.8 Å². The zero-order valence-electron chi connectivity index (χ0n) is 15.8. The van der Waals surface area contributed by atoms with Crippen LogP contribution in [0.3, 0.4) is 0 Å². The van der Waals surface area contributed by atoms with E-state index in [2.05, 4.69) is 30.5 Å². The summed E-state index contributed by atoms with van der Waals surface area (Å²) in [4.78, 5) is 12.3. The Morgan fingerprint density at radius 1 is 1.17 bits per heavy atom. The minimum atomic E-state index is 0.0482. The summed E-state index contributed by atoms with van der Waals surface area (Å²) in [6.45, 7) is 0. The fourth-order valence-corrected chi connectivity index (χ4v) is 3.29. The molecule has 148 valence electrons. The van der Waals surface area contributed by atoms with Crippen molar-refractivity contribution in [3.63, 3.8) is 0 Å². The first kappa shape index (κ1) is 18.6. The van der Waals surface area contributed by atoms with Gasteiger partial charge in [-0.05, 0) is 19.3 Å². The highest BCUT2D eigenvalue weighted by Gasteiger charge is 2.25. The minimum Gasteiger partial charge on any atom is -0.494 e. The number of methoxy groups -OCH3 is 1. The van der Waals surface area contributed by atoms with Crippen LogP contribution in [0.25, 0.3) is 11.3 Å². The maximum absolute atomic E-state index is 8.81. The van der Waals surface area contributed by atoms with E-state index < -0.39 is 0 Å². The molecule has 0 bridgehead atoms. The Kier molecular flexibility index (Phi) is 5.22. The van der Waals surface area contributed by atoms with Gasteiger partial charge >= 0.3 is 0 Å². The number of nitrogens with one attached hydrogen (secondary N) is 2. The second-order valence-electron chi connectivity index (χ2n) is 6.72. The molecule has 3 aromatic rings. The van der Waals surface area contributed by atoms with E-state index in [4.69, 9.17) is 20.5 Å². The summed E-state index contributed by atoms with van der Waals surface area (Å²) in [5, 5.41) is 19.1. The smallest absolute Gasteiger partial charge is 0.158 e. The monoisotopic (exact) mass is 392 g/mol. The second kappa shape index (κ2) is 8.12. The molecule has 2 atom stereocenters. The number of aromatic amines is 1. The molecule has 0 aromatic carbocycles. The minimum absolute atomic E-state index is 0.0482. The quantitative estimate of drug-likeness (QED) is 0.573. The summed E-state index contributed by atoms with van der Waals surface area (Å²) in [7, 11) is 1.58. The summed E-state index contributed by atoms with van der Waals surface area (Å²) in [5.74, 6) is 2.18. The molecule has 1 aliphatic rings. The van der Waals surface area contributed by atoms with Crippen molar-refractivity contribution >= 4 is 11.6 Å². The number of nitriles is 1. The number of ether oxygens (including phenoxy) is 2. The third-order valence-corrected chi connectivity index (χ3v) is 4.68. The SMILES string of the molecule is COc1cncc(O[C@@H]2CC[C@H](N)C2)c1-c1cc(Nc2cnc(C#N)cn2)n[nH]1. The third kappa shape index (κ3) is 4.09. The van der Waals surface area contributed by atoms with E-state index in [1.807, 2.05) is 12.1 Å². The fraction of sp³-hybridized carbons (Fsp3) is 0.316. The number of hydrogen-bond acceptors (Lipinski definition) is 9. The maximum Gasteiger partial charge on any atom is 0.158 e. The molecule has 0 aliphatic heterocycles. The number of H-pyrrole nitrogens is 1. The van der Waals surface area contributed by atoms with Gasteiger partial charge in [-0.15, -0.1) is 0 Å². The molecule has 4 N–H and O–H groups in total. The molecule has 0 amide bonds. The van der Waals surface area contributed by atoms with Gasteiger partial charge in [0.25, 0.3) is 0 Å². The van der Waals surface area contributed by atoms with Crippen LogP contribution in [0.1, 0.15) is 25.0 Å². The van der Waals surface area contributed by atoms with Crippen molar-refractivity contribution in [2.75, 3.05) is 12.4 Å². The van der Waals surface area contributed by atoms with Gasteiger partial charge in [-0.25, -0.2) is 9.97 Å². The lowest BCUT2D eigenvalue weighted by atomic mass is 10.1. The molecule has 10 nitrogen and oxygen atoms in total. The summed E-state index contributed by atoms with van der Waals surface area (Å²) in [6.07, 6.45) is 8.87. The number of pyridine rings is 1. The number of aromatic nitrogens is 5. The largest absolute Gasteiger partial charge is 0.494 e. The Balaban J connectivity index is 1.59. The Hall–Kier alpha value is -3.71. The lowest BCUT2D eigenvalue weighted by Crippen LogP contribution is -2.19. The summed E-state index contributed by atoms with van der Waals surface area (Å²) in [5.41, 5.74) is 7.68. The van der Waals surface area contributed by atoms with Crippen LogP contribution in [0, 0.1) is 11.3 Å². The lowest BCUT2D eigenvalue weighted by molar-refractivity contribution is 0.207. The standard InChI is InChI=1S/C19H20N8O2/c1-28-15-8-22-9-16(29-13-3-2-11(21)4-13)19(15)14-5-17(27-26-14)25-18-10-23-12(6-20)7-24-18/h5,7-11,13H,2-4,21H2,1H3,(H2,24,25,26,27)/t11-,13+/m0/s1. The lowest BCUT2D eigenvalue weighted by Gasteiger charge is -2.17. The van der Waals surface area contributed by atoms with Crippen molar-refractivity contribution in [2.24, 2.45) is 5.73 Å². The van der Waals surface area contributed by atoms with Gasteiger partial charge < -0.3 is 20.5 Å². The molecule has 10 heteroatoms. The average molecular weight is 392 g/mol. The molecule has 3 heterocycles. The molecule has 1 fully saturated rings. The van der Waals surface area contributed by atoms with Crippen LogP contribution in [0.15, 0.2) is 30.9 Å². The molecule has 0 unspecified atom stereocenters. The summed E-state index contributed by atoms with van der Waals surface area (Å²) >= 11 is 0. The van der Waals surface area contributed by atoms with E-state index in [1.165, 1.54) is 12.4 Å². The van der Waals surface area contributed by atoms with E-state index in [9.17, 15) is 0 Å². The first-order valence-corrected chi connectivity index (χ1v) is 9.15. The predicted molar refractivity (Wildman–Crippen MR) is 105 cm³/mol. The number of anilines is 2. The summed E-state index contributed by atoms with van der Waals surface area (Å²) < 4.78 is 11.7. The van der Waals surface area contributed by atoms with E-state index >= 15 is 0 Å². The van der Waals surface area contributed by atoms with Crippen LogP contribution in [-0.2, 0) is 0 Å². The van der Waals surface area contributed by atoms with Gasteiger partial charge in [0, 0.05) is 12.1 Å². The molecule has 0 saturated heterocycles. The third-order valence-electron chi connectivity index (χ3n) is 4.68. The van der Waals surface area contributed by atoms with Crippen molar-refractivity contribution in [3.05, 3.63) is 36.5 Å². The maximum atomic E-state index is 8.81. The number of hydrogen-bond donors (Lipinski definition) is 3. The highest BCUT2D eigenvalue weighted by atomic mass is 16.5. The molecule has 1 aliphatic carbocycles. The fourth-order valence-electron chi connectivity index (χ4n) is 3.29. The Bertz CT molecular complexity index is 1030. The topological polar surface area (TPSA) is 148 Å². The van der Waals surface area contributed by atoms with Crippen molar-refractivity contribution in [1.29, 1.82) is 5.26 Å². The van der Waals surface area contributed by atoms with Gasteiger partial charge in [-0.3, -0.25) is 10.1 Å². The van der Waals surface area contributed by atoms with Crippen LogP contribution in [-0.4, -0.2) is 44.4 Å². The zero-order chi connectivity index (χ0) is 20.2. The molecule has 4 rings (SSSR count). The number of rotatable bonds is 6. The molecular formula is C19H20N8O2. The van der Waals surface area contributed by atoms with Crippen LogP contribution in [0.2, 0.25) is 0 Å². The highest BCUT2D eigenvalue weighted by molar-refractivity contribution is 5.75. The first-order valence-electron chi connectivity index (χ1n) is 9.15. The number of nitrogens with two attached hydrogens (primary N) is 1. The van der Waals surface area contributed by atoms with Gasteiger partial charge in [0.2, 0.25) is 0 Å². The number of nitrogens with zero attached hydrogens (tertiary/aromatic N) is 5. The average Bonchev–Trinajstić information content (AvgIpc) is 3.37. The first-order chi connectivity index (χ1) is 14.2.